The van der Waals surface area contributed by atoms with Gasteiger partial charge in [0.2, 0.25) is 0 Å². The van der Waals surface area contributed by atoms with Crippen LogP contribution >= 0.6 is 0 Å². The van der Waals surface area contributed by atoms with Crippen molar-refractivity contribution in [3.05, 3.63) is 76.9 Å². The van der Waals surface area contributed by atoms with Gasteiger partial charge in [0, 0.05) is 76.2 Å². The summed E-state index contributed by atoms with van der Waals surface area (Å²) >= 11 is 0. The third-order valence-electron chi connectivity index (χ3n) is 7.62. The van der Waals surface area contributed by atoms with E-state index in [0.717, 1.165) is 55.1 Å². The van der Waals surface area contributed by atoms with E-state index in [-0.39, 0.29) is 17.6 Å². The monoisotopic (exact) mass is 529 g/mol. The van der Waals surface area contributed by atoms with Crippen molar-refractivity contribution in [1.29, 1.82) is 0 Å². The van der Waals surface area contributed by atoms with Gasteiger partial charge in [-0.15, -0.1) is 0 Å². The molecule has 0 aromatic heterocycles. The van der Waals surface area contributed by atoms with Gasteiger partial charge in [0.05, 0.1) is 6.54 Å². The SMILES string of the molecule is CO[C@H](C(=O)N1CC2=C(C1)C(NC(=O)c1ccc(N3CCN(CCC(C)=O)CC3)cc1)=NC2)c1ccccc1. The van der Waals surface area contributed by atoms with Crippen LogP contribution in [-0.2, 0) is 14.3 Å². The Labute approximate surface area is 229 Å². The molecule has 0 spiro atoms. The number of ether oxygens (including phenoxy) is 1. The van der Waals surface area contributed by atoms with Gasteiger partial charge in [0.15, 0.2) is 6.10 Å². The van der Waals surface area contributed by atoms with Crippen LogP contribution in [0.4, 0.5) is 5.69 Å². The molecule has 0 unspecified atom stereocenters. The summed E-state index contributed by atoms with van der Waals surface area (Å²) < 4.78 is 5.53. The molecule has 1 saturated heterocycles. The van der Waals surface area contributed by atoms with Crippen LogP contribution in [-0.4, -0.2) is 92.7 Å². The number of Topliss-reactive ketones (excluding diaryl/α,β-unsaturated/α-hetero) is 1. The Morgan fingerprint density at radius 2 is 1.69 bits per heavy atom. The standard InChI is InChI=1S/C30H35N5O4/c1-21(36)12-13-33-14-16-34(17-15-33)25-10-8-23(9-11-25)29(37)32-28-26-20-35(19-24(26)18-31-28)30(38)27(39-2)22-6-4-3-5-7-22/h3-11,27H,12-20H2,1-2H3,(H,31,32,37)/t27-/m0/s1. The Morgan fingerprint density at radius 1 is 0.974 bits per heavy atom. The first kappa shape index (κ1) is 26.8. The zero-order valence-corrected chi connectivity index (χ0v) is 22.6. The van der Waals surface area contributed by atoms with Crippen LogP contribution in [0.1, 0.15) is 35.4 Å². The highest BCUT2D eigenvalue weighted by Gasteiger charge is 2.35. The van der Waals surface area contributed by atoms with Gasteiger partial charge >= 0.3 is 0 Å². The second-order valence-electron chi connectivity index (χ2n) is 10.2. The Morgan fingerprint density at radius 3 is 2.36 bits per heavy atom. The number of nitrogens with one attached hydrogen (secondary N) is 1. The lowest BCUT2D eigenvalue weighted by atomic mass is 10.1. The van der Waals surface area contributed by atoms with E-state index in [9.17, 15) is 14.4 Å². The molecule has 0 radical (unpaired) electrons. The van der Waals surface area contributed by atoms with E-state index in [0.29, 0.717) is 37.5 Å². The zero-order valence-electron chi connectivity index (χ0n) is 22.6. The molecule has 0 aliphatic carbocycles. The molecule has 0 saturated carbocycles. The number of amidine groups is 1. The van der Waals surface area contributed by atoms with Gasteiger partial charge in [0.1, 0.15) is 11.6 Å². The molecule has 2 aromatic rings. The summed E-state index contributed by atoms with van der Waals surface area (Å²) in [7, 11) is 1.54. The molecule has 1 N–H and O–H groups in total. The number of nitrogens with zero attached hydrogens (tertiary/aromatic N) is 4. The summed E-state index contributed by atoms with van der Waals surface area (Å²) in [4.78, 5) is 48.4. The highest BCUT2D eigenvalue weighted by molar-refractivity contribution is 6.14. The van der Waals surface area contributed by atoms with E-state index in [2.05, 4.69) is 20.1 Å². The second-order valence-corrected chi connectivity index (χ2v) is 10.2. The van der Waals surface area contributed by atoms with Crippen LogP contribution in [0.2, 0.25) is 0 Å². The lowest BCUT2D eigenvalue weighted by Crippen LogP contribution is -2.46. The number of aliphatic imine (C=N–C) groups is 1. The fraction of sp³-hybridized carbons (Fsp3) is 0.400. The van der Waals surface area contributed by atoms with Crippen LogP contribution in [0.15, 0.2) is 70.7 Å². The summed E-state index contributed by atoms with van der Waals surface area (Å²) in [5.74, 6) is 0.458. The van der Waals surface area contributed by atoms with Crippen molar-refractivity contribution < 1.29 is 19.1 Å². The molecule has 1 atom stereocenters. The van der Waals surface area contributed by atoms with Crippen LogP contribution in [0.25, 0.3) is 0 Å². The third-order valence-corrected chi connectivity index (χ3v) is 7.62. The number of carbonyl (C=O) groups excluding carboxylic acids is 3. The summed E-state index contributed by atoms with van der Waals surface area (Å²) in [6, 6.07) is 17.1. The highest BCUT2D eigenvalue weighted by atomic mass is 16.5. The Hall–Kier alpha value is -3.82. The first-order chi connectivity index (χ1) is 18.9. The second kappa shape index (κ2) is 11.9. The predicted molar refractivity (Wildman–Crippen MR) is 150 cm³/mol. The lowest BCUT2D eigenvalue weighted by molar-refractivity contribution is -0.141. The van der Waals surface area contributed by atoms with E-state index in [1.54, 1.807) is 18.9 Å². The Kier molecular flexibility index (Phi) is 8.18. The average Bonchev–Trinajstić information content (AvgIpc) is 3.55. The van der Waals surface area contributed by atoms with Gasteiger partial charge in [-0.25, -0.2) is 0 Å². The molecule has 9 heteroatoms. The van der Waals surface area contributed by atoms with Crippen molar-refractivity contribution in [3.8, 4) is 0 Å². The minimum Gasteiger partial charge on any atom is -0.369 e. The molecule has 39 heavy (non-hydrogen) atoms. The van der Waals surface area contributed by atoms with Crippen LogP contribution in [0, 0.1) is 0 Å². The average molecular weight is 530 g/mol. The van der Waals surface area contributed by atoms with Crippen molar-refractivity contribution in [2.75, 3.05) is 64.4 Å². The molecule has 5 rings (SSSR count). The number of hydrogen-bond acceptors (Lipinski definition) is 7. The molecule has 204 valence electrons. The molecular weight excluding hydrogens is 494 g/mol. The molecule has 3 heterocycles. The summed E-state index contributed by atoms with van der Waals surface area (Å²) in [6.45, 7) is 7.44. The largest absolute Gasteiger partial charge is 0.369 e. The molecular formula is C30H35N5O4. The Bertz CT molecular complexity index is 1280. The van der Waals surface area contributed by atoms with E-state index < -0.39 is 6.10 Å². The molecule has 0 bridgehead atoms. The lowest BCUT2D eigenvalue weighted by Gasteiger charge is -2.36. The highest BCUT2D eigenvalue weighted by Crippen LogP contribution is 2.28. The third kappa shape index (κ3) is 6.10. The smallest absolute Gasteiger partial charge is 0.256 e. The minimum absolute atomic E-state index is 0.0981. The van der Waals surface area contributed by atoms with Crippen LogP contribution in [0.5, 0.6) is 0 Å². The maximum absolute atomic E-state index is 13.2. The number of ketones is 1. The summed E-state index contributed by atoms with van der Waals surface area (Å²) in [6.07, 6.45) is -0.0633. The number of benzene rings is 2. The van der Waals surface area contributed by atoms with Crippen molar-refractivity contribution >= 4 is 29.1 Å². The molecule has 3 aliphatic rings. The summed E-state index contributed by atoms with van der Waals surface area (Å²) in [5.41, 5.74) is 4.43. The quantitative estimate of drug-likeness (QED) is 0.565. The number of piperazine rings is 1. The van der Waals surface area contributed by atoms with E-state index in [4.69, 9.17) is 4.74 Å². The minimum atomic E-state index is -0.664. The first-order valence-electron chi connectivity index (χ1n) is 13.4. The topological polar surface area (TPSA) is 94.5 Å². The number of amides is 2. The molecule has 2 aromatic carbocycles. The van der Waals surface area contributed by atoms with Crippen molar-refractivity contribution in [3.63, 3.8) is 0 Å². The van der Waals surface area contributed by atoms with Gasteiger partial charge in [-0.1, -0.05) is 30.3 Å². The van der Waals surface area contributed by atoms with Gasteiger partial charge < -0.3 is 19.9 Å². The van der Waals surface area contributed by atoms with Gasteiger partial charge in [-0.2, -0.15) is 0 Å². The van der Waals surface area contributed by atoms with Crippen LogP contribution in [0.3, 0.4) is 0 Å². The first-order valence-corrected chi connectivity index (χ1v) is 13.4. The van der Waals surface area contributed by atoms with E-state index >= 15 is 0 Å². The van der Waals surface area contributed by atoms with Gasteiger partial charge in [-0.05, 0) is 42.3 Å². The van der Waals surface area contributed by atoms with E-state index in [1.807, 2.05) is 54.6 Å². The van der Waals surface area contributed by atoms with Gasteiger partial charge in [-0.3, -0.25) is 24.3 Å². The zero-order chi connectivity index (χ0) is 27.4. The van der Waals surface area contributed by atoms with E-state index in [1.165, 1.54) is 0 Å². The van der Waals surface area contributed by atoms with Crippen LogP contribution < -0.4 is 10.2 Å². The Balaban J connectivity index is 1.14. The predicted octanol–water partition coefficient (Wildman–Crippen LogP) is 2.46. The van der Waals surface area contributed by atoms with Crippen molar-refractivity contribution in [2.45, 2.75) is 19.4 Å². The fourth-order valence-corrected chi connectivity index (χ4v) is 5.33. The van der Waals surface area contributed by atoms with Crippen molar-refractivity contribution in [1.82, 2.24) is 15.1 Å². The maximum Gasteiger partial charge on any atom is 0.256 e. The summed E-state index contributed by atoms with van der Waals surface area (Å²) in [5, 5.41) is 2.97. The molecule has 9 nitrogen and oxygen atoms in total. The number of methoxy groups -OCH3 is 1. The molecule has 3 aliphatic heterocycles. The fourth-order valence-electron chi connectivity index (χ4n) is 5.33. The number of anilines is 1. The number of carbonyl (C=O) groups is 3. The maximum atomic E-state index is 13.2. The number of hydrogen-bond donors (Lipinski definition) is 1. The number of rotatable bonds is 8. The molecule has 2 amide bonds. The van der Waals surface area contributed by atoms with Gasteiger partial charge in [0.25, 0.3) is 11.8 Å². The van der Waals surface area contributed by atoms with Crippen molar-refractivity contribution in [2.24, 2.45) is 4.99 Å². The normalized spacial score (nSPS) is 18.2. The molecule has 1 fully saturated rings.